The van der Waals surface area contributed by atoms with E-state index in [0.717, 1.165) is 44.1 Å². The first kappa shape index (κ1) is 21.9. The second kappa shape index (κ2) is 11.4. The predicted octanol–water partition coefficient (Wildman–Crippen LogP) is 3.64. The van der Waals surface area contributed by atoms with Gasteiger partial charge >= 0.3 is 0 Å². The molecule has 0 atom stereocenters. The molecule has 3 rings (SSSR count). The van der Waals surface area contributed by atoms with Crippen LogP contribution in [0.1, 0.15) is 62.2 Å². The SMILES string of the molecule is CCOCCCNC(=O)c1ccc(OC2CCN(C3CCCC3)CC2)c(OC)c1. The summed E-state index contributed by atoms with van der Waals surface area (Å²) in [5, 5.41) is 2.92. The number of rotatable bonds is 10. The van der Waals surface area contributed by atoms with Gasteiger partial charge in [0.1, 0.15) is 6.10 Å². The number of methoxy groups -OCH3 is 1. The minimum atomic E-state index is -0.101. The summed E-state index contributed by atoms with van der Waals surface area (Å²) in [6.07, 6.45) is 8.57. The molecule has 29 heavy (non-hydrogen) atoms. The van der Waals surface area contributed by atoms with Gasteiger partial charge in [0.2, 0.25) is 0 Å². The molecule has 6 nitrogen and oxygen atoms in total. The average Bonchev–Trinajstić information content (AvgIpc) is 3.29. The Bertz CT molecular complexity index is 638. The Labute approximate surface area is 174 Å². The molecule has 0 unspecified atom stereocenters. The molecule has 1 aromatic carbocycles. The third-order valence-electron chi connectivity index (χ3n) is 5.99. The molecule has 1 aromatic rings. The van der Waals surface area contributed by atoms with Gasteiger partial charge in [0.15, 0.2) is 11.5 Å². The summed E-state index contributed by atoms with van der Waals surface area (Å²) in [4.78, 5) is 15.0. The van der Waals surface area contributed by atoms with Crippen LogP contribution in [-0.2, 0) is 4.74 Å². The summed E-state index contributed by atoms with van der Waals surface area (Å²) in [6.45, 7) is 6.14. The highest BCUT2D eigenvalue weighted by molar-refractivity contribution is 5.94. The Hall–Kier alpha value is -1.79. The number of carbonyl (C=O) groups is 1. The number of ether oxygens (including phenoxy) is 3. The van der Waals surface area contributed by atoms with E-state index >= 15 is 0 Å². The van der Waals surface area contributed by atoms with E-state index < -0.39 is 0 Å². The number of hydrogen-bond donors (Lipinski definition) is 1. The lowest BCUT2D eigenvalue weighted by Crippen LogP contribution is -2.43. The third-order valence-corrected chi connectivity index (χ3v) is 5.99. The van der Waals surface area contributed by atoms with Crippen molar-refractivity contribution in [1.82, 2.24) is 10.2 Å². The van der Waals surface area contributed by atoms with E-state index in [1.807, 2.05) is 19.1 Å². The molecule has 1 heterocycles. The Balaban J connectivity index is 1.49. The second-order valence-electron chi connectivity index (χ2n) is 7.96. The standard InChI is InChI=1S/C23H36N2O4/c1-3-28-16-6-13-24-23(26)18-9-10-21(22(17-18)27-2)29-20-11-14-25(15-12-20)19-7-4-5-8-19/h9-10,17,19-20H,3-8,11-16H2,1-2H3,(H,24,26). The van der Waals surface area contributed by atoms with Crippen molar-refractivity contribution in [2.75, 3.05) is 40.0 Å². The second-order valence-corrected chi connectivity index (χ2v) is 7.96. The molecule has 0 radical (unpaired) electrons. The van der Waals surface area contributed by atoms with Crippen molar-refractivity contribution < 1.29 is 19.0 Å². The normalized spacial score (nSPS) is 18.7. The summed E-state index contributed by atoms with van der Waals surface area (Å²) in [5.41, 5.74) is 0.585. The molecule has 6 heteroatoms. The number of nitrogens with zero attached hydrogens (tertiary/aromatic N) is 1. The number of carbonyl (C=O) groups excluding carboxylic acids is 1. The van der Waals surface area contributed by atoms with Crippen LogP contribution in [0.5, 0.6) is 11.5 Å². The van der Waals surface area contributed by atoms with E-state index in [-0.39, 0.29) is 12.0 Å². The molecule has 0 bridgehead atoms. The van der Waals surface area contributed by atoms with Gasteiger partial charge in [-0.3, -0.25) is 4.79 Å². The van der Waals surface area contributed by atoms with E-state index in [9.17, 15) is 4.79 Å². The first-order valence-corrected chi connectivity index (χ1v) is 11.2. The highest BCUT2D eigenvalue weighted by Crippen LogP contribution is 2.32. The zero-order chi connectivity index (χ0) is 20.5. The van der Waals surface area contributed by atoms with Crippen LogP contribution >= 0.6 is 0 Å². The molecule has 2 fully saturated rings. The van der Waals surface area contributed by atoms with E-state index in [4.69, 9.17) is 14.2 Å². The van der Waals surface area contributed by atoms with Crippen molar-refractivity contribution in [3.05, 3.63) is 23.8 Å². The van der Waals surface area contributed by atoms with Crippen molar-refractivity contribution in [2.24, 2.45) is 0 Å². The highest BCUT2D eigenvalue weighted by Gasteiger charge is 2.28. The van der Waals surface area contributed by atoms with E-state index in [1.54, 1.807) is 13.2 Å². The van der Waals surface area contributed by atoms with Crippen LogP contribution in [0, 0.1) is 0 Å². The molecule has 1 saturated heterocycles. The Morgan fingerprint density at radius 2 is 1.90 bits per heavy atom. The molecular weight excluding hydrogens is 368 g/mol. The van der Waals surface area contributed by atoms with Crippen molar-refractivity contribution in [2.45, 2.75) is 64.0 Å². The molecule has 1 N–H and O–H groups in total. The van der Waals surface area contributed by atoms with Crippen LogP contribution in [0.25, 0.3) is 0 Å². The van der Waals surface area contributed by atoms with Crippen LogP contribution < -0.4 is 14.8 Å². The van der Waals surface area contributed by atoms with Gasteiger partial charge in [0.05, 0.1) is 7.11 Å². The molecular formula is C23H36N2O4. The summed E-state index contributed by atoms with van der Waals surface area (Å²) < 4.78 is 17.0. The number of amides is 1. The van der Waals surface area contributed by atoms with Gasteiger partial charge < -0.3 is 24.4 Å². The number of likely N-dealkylation sites (tertiary alicyclic amines) is 1. The van der Waals surface area contributed by atoms with Crippen molar-refractivity contribution in [1.29, 1.82) is 0 Å². The minimum absolute atomic E-state index is 0.101. The van der Waals surface area contributed by atoms with Gasteiger partial charge in [0, 0.05) is 44.5 Å². The summed E-state index contributed by atoms with van der Waals surface area (Å²) in [6, 6.07) is 6.22. The van der Waals surface area contributed by atoms with Gasteiger partial charge in [-0.25, -0.2) is 0 Å². The van der Waals surface area contributed by atoms with Crippen molar-refractivity contribution in [3.8, 4) is 11.5 Å². The lowest BCUT2D eigenvalue weighted by atomic mass is 10.0. The Morgan fingerprint density at radius 1 is 1.14 bits per heavy atom. The molecule has 0 aromatic heterocycles. The van der Waals surface area contributed by atoms with Crippen LogP contribution in [0.15, 0.2) is 18.2 Å². The molecule has 0 spiro atoms. The number of hydrogen-bond acceptors (Lipinski definition) is 5. The van der Waals surface area contributed by atoms with E-state index in [2.05, 4.69) is 10.2 Å². The zero-order valence-corrected chi connectivity index (χ0v) is 18.0. The van der Waals surface area contributed by atoms with Crippen molar-refractivity contribution in [3.63, 3.8) is 0 Å². The van der Waals surface area contributed by atoms with Crippen LogP contribution in [0.2, 0.25) is 0 Å². The zero-order valence-electron chi connectivity index (χ0n) is 18.0. The minimum Gasteiger partial charge on any atom is -0.493 e. The number of piperidine rings is 1. The lowest BCUT2D eigenvalue weighted by molar-refractivity contribution is 0.0750. The number of benzene rings is 1. The fraction of sp³-hybridized carbons (Fsp3) is 0.696. The maximum Gasteiger partial charge on any atom is 0.251 e. The average molecular weight is 405 g/mol. The summed E-state index contributed by atoms with van der Waals surface area (Å²) in [7, 11) is 1.62. The maximum atomic E-state index is 12.4. The van der Waals surface area contributed by atoms with Gasteiger partial charge in [-0.1, -0.05) is 12.8 Å². The molecule has 1 aliphatic heterocycles. The van der Waals surface area contributed by atoms with Gasteiger partial charge in [-0.05, 0) is 57.2 Å². The first-order valence-electron chi connectivity index (χ1n) is 11.2. The van der Waals surface area contributed by atoms with Crippen LogP contribution in [0.3, 0.4) is 0 Å². The highest BCUT2D eigenvalue weighted by atomic mass is 16.5. The van der Waals surface area contributed by atoms with Gasteiger partial charge in [-0.15, -0.1) is 0 Å². The molecule has 162 valence electrons. The topological polar surface area (TPSA) is 60.0 Å². The monoisotopic (exact) mass is 404 g/mol. The smallest absolute Gasteiger partial charge is 0.251 e. The molecule has 1 aliphatic carbocycles. The maximum absolute atomic E-state index is 12.4. The molecule has 2 aliphatic rings. The predicted molar refractivity (Wildman–Crippen MR) is 114 cm³/mol. The lowest BCUT2D eigenvalue weighted by Gasteiger charge is -2.36. The fourth-order valence-corrected chi connectivity index (χ4v) is 4.34. The molecule has 1 amide bonds. The van der Waals surface area contributed by atoms with E-state index in [0.29, 0.717) is 31.1 Å². The largest absolute Gasteiger partial charge is 0.493 e. The fourth-order valence-electron chi connectivity index (χ4n) is 4.34. The summed E-state index contributed by atoms with van der Waals surface area (Å²) in [5.74, 6) is 1.24. The Kier molecular flexibility index (Phi) is 8.62. The first-order chi connectivity index (χ1) is 14.2. The van der Waals surface area contributed by atoms with Gasteiger partial charge in [-0.2, -0.15) is 0 Å². The van der Waals surface area contributed by atoms with Crippen LogP contribution in [-0.4, -0.2) is 62.9 Å². The number of nitrogens with one attached hydrogen (secondary N) is 1. The van der Waals surface area contributed by atoms with Gasteiger partial charge in [0.25, 0.3) is 5.91 Å². The third kappa shape index (κ3) is 6.34. The van der Waals surface area contributed by atoms with Crippen molar-refractivity contribution >= 4 is 5.91 Å². The van der Waals surface area contributed by atoms with Crippen LogP contribution in [0.4, 0.5) is 0 Å². The Morgan fingerprint density at radius 3 is 2.59 bits per heavy atom. The quantitative estimate of drug-likeness (QED) is 0.604. The van der Waals surface area contributed by atoms with E-state index in [1.165, 1.54) is 25.7 Å². The molecule has 1 saturated carbocycles. The summed E-state index contributed by atoms with van der Waals surface area (Å²) >= 11 is 0.